The number of benzene rings is 1. The van der Waals surface area contributed by atoms with Gasteiger partial charge in [0, 0.05) is 12.2 Å². The molecule has 104 valence electrons. The van der Waals surface area contributed by atoms with Gasteiger partial charge in [0.15, 0.2) is 0 Å². The molecule has 0 aliphatic heterocycles. The first-order valence-corrected chi connectivity index (χ1v) is 7.15. The maximum absolute atomic E-state index is 11.9. The van der Waals surface area contributed by atoms with Crippen molar-refractivity contribution in [2.45, 2.75) is 39.5 Å². The summed E-state index contributed by atoms with van der Waals surface area (Å²) in [6.07, 6.45) is 5.21. The van der Waals surface area contributed by atoms with E-state index in [1.165, 1.54) is 25.7 Å². The molecule has 3 heteroatoms. The Kier molecular flexibility index (Phi) is 4.59. The fourth-order valence-electron chi connectivity index (χ4n) is 2.79. The van der Waals surface area contributed by atoms with Crippen LogP contribution < -0.4 is 10.6 Å². The maximum Gasteiger partial charge on any atom is 0.238 e. The number of amides is 1. The fourth-order valence-corrected chi connectivity index (χ4v) is 2.79. The van der Waals surface area contributed by atoms with Crippen LogP contribution in [0.25, 0.3) is 0 Å². The lowest BCUT2D eigenvalue weighted by Gasteiger charge is -2.23. The number of carbonyl (C=O) groups is 1. The van der Waals surface area contributed by atoms with Crippen LogP contribution in [-0.4, -0.2) is 19.0 Å². The summed E-state index contributed by atoms with van der Waals surface area (Å²) in [5, 5.41) is 6.24. The summed E-state index contributed by atoms with van der Waals surface area (Å²) < 4.78 is 0. The number of carbonyl (C=O) groups excluding carboxylic acids is 1. The van der Waals surface area contributed by atoms with E-state index in [4.69, 9.17) is 0 Å². The van der Waals surface area contributed by atoms with E-state index in [9.17, 15) is 4.79 Å². The minimum Gasteiger partial charge on any atom is -0.325 e. The Morgan fingerprint density at radius 2 is 1.95 bits per heavy atom. The monoisotopic (exact) mass is 260 g/mol. The maximum atomic E-state index is 11.9. The fraction of sp³-hybridized carbons (Fsp3) is 0.562. The summed E-state index contributed by atoms with van der Waals surface area (Å²) in [7, 11) is 0. The van der Waals surface area contributed by atoms with E-state index < -0.39 is 0 Å². The first-order valence-electron chi connectivity index (χ1n) is 7.15. The topological polar surface area (TPSA) is 41.1 Å². The molecule has 2 N–H and O–H groups in total. The summed E-state index contributed by atoms with van der Waals surface area (Å²) >= 11 is 0. The van der Waals surface area contributed by atoms with E-state index in [-0.39, 0.29) is 5.91 Å². The van der Waals surface area contributed by atoms with Crippen molar-refractivity contribution in [3.05, 3.63) is 29.8 Å². The van der Waals surface area contributed by atoms with E-state index >= 15 is 0 Å². The number of hydrogen-bond donors (Lipinski definition) is 2. The van der Waals surface area contributed by atoms with Gasteiger partial charge >= 0.3 is 0 Å². The van der Waals surface area contributed by atoms with Gasteiger partial charge in [-0.3, -0.25) is 4.79 Å². The molecule has 0 unspecified atom stereocenters. The Morgan fingerprint density at radius 1 is 1.26 bits per heavy atom. The molecular weight excluding hydrogens is 236 g/mol. The van der Waals surface area contributed by atoms with E-state index in [1.807, 2.05) is 31.2 Å². The molecule has 0 heterocycles. The minimum absolute atomic E-state index is 0.0379. The highest BCUT2D eigenvalue weighted by molar-refractivity contribution is 5.92. The van der Waals surface area contributed by atoms with Gasteiger partial charge in [-0.15, -0.1) is 0 Å². The zero-order chi connectivity index (χ0) is 13.7. The Labute approximate surface area is 115 Å². The summed E-state index contributed by atoms with van der Waals surface area (Å²) in [4.78, 5) is 11.9. The van der Waals surface area contributed by atoms with Gasteiger partial charge in [-0.25, -0.2) is 0 Å². The molecule has 1 aliphatic carbocycles. The van der Waals surface area contributed by atoms with E-state index in [0.717, 1.165) is 17.8 Å². The summed E-state index contributed by atoms with van der Waals surface area (Å²) in [5.41, 5.74) is 2.39. The number of aryl methyl sites for hydroxylation is 1. The van der Waals surface area contributed by atoms with Crippen molar-refractivity contribution in [3.63, 3.8) is 0 Å². The molecule has 0 spiro atoms. The van der Waals surface area contributed by atoms with Crippen LogP contribution in [0, 0.1) is 12.3 Å². The summed E-state index contributed by atoms with van der Waals surface area (Å²) in [6.45, 7) is 5.65. The first-order chi connectivity index (χ1) is 9.09. The van der Waals surface area contributed by atoms with Gasteiger partial charge in [-0.2, -0.15) is 0 Å². The van der Waals surface area contributed by atoms with Crippen LogP contribution in [0.3, 0.4) is 0 Å². The van der Waals surface area contributed by atoms with Crippen molar-refractivity contribution in [1.29, 1.82) is 0 Å². The second-order valence-corrected chi connectivity index (χ2v) is 5.98. The van der Waals surface area contributed by atoms with Crippen LogP contribution in [0.1, 0.15) is 38.2 Å². The Balaban J connectivity index is 1.74. The molecular formula is C16H24N2O. The third kappa shape index (κ3) is 4.06. The molecule has 0 aromatic heterocycles. The lowest BCUT2D eigenvalue weighted by atomic mass is 9.89. The SMILES string of the molecule is Cc1ccccc1NC(=O)CNCC1(C)CCCC1. The molecule has 1 aromatic carbocycles. The normalized spacial score (nSPS) is 17.4. The molecule has 2 rings (SSSR count). The molecule has 19 heavy (non-hydrogen) atoms. The van der Waals surface area contributed by atoms with Gasteiger partial charge in [0.2, 0.25) is 5.91 Å². The molecule has 0 radical (unpaired) electrons. The van der Waals surface area contributed by atoms with Crippen molar-refractivity contribution in [2.75, 3.05) is 18.4 Å². The van der Waals surface area contributed by atoms with Crippen LogP contribution in [0.5, 0.6) is 0 Å². The highest BCUT2D eigenvalue weighted by Gasteiger charge is 2.28. The van der Waals surface area contributed by atoms with Crippen LogP contribution in [-0.2, 0) is 4.79 Å². The molecule has 0 saturated heterocycles. The highest BCUT2D eigenvalue weighted by atomic mass is 16.1. The molecule has 0 bridgehead atoms. The van der Waals surface area contributed by atoms with Gasteiger partial charge in [-0.05, 0) is 36.8 Å². The number of para-hydroxylation sites is 1. The molecule has 1 aliphatic rings. The van der Waals surface area contributed by atoms with Gasteiger partial charge < -0.3 is 10.6 Å². The number of hydrogen-bond acceptors (Lipinski definition) is 2. The molecule has 1 amide bonds. The first kappa shape index (κ1) is 14.1. The third-order valence-corrected chi connectivity index (χ3v) is 4.07. The second-order valence-electron chi connectivity index (χ2n) is 5.98. The lowest BCUT2D eigenvalue weighted by molar-refractivity contribution is -0.115. The van der Waals surface area contributed by atoms with Crippen molar-refractivity contribution < 1.29 is 4.79 Å². The molecule has 3 nitrogen and oxygen atoms in total. The van der Waals surface area contributed by atoms with Crippen molar-refractivity contribution in [1.82, 2.24) is 5.32 Å². The van der Waals surface area contributed by atoms with Gasteiger partial charge in [0.1, 0.15) is 0 Å². The van der Waals surface area contributed by atoms with Gasteiger partial charge in [0.25, 0.3) is 0 Å². The standard InChI is InChI=1S/C16H24N2O/c1-13-7-3-4-8-14(13)18-15(19)11-17-12-16(2)9-5-6-10-16/h3-4,7-8,17H,5-6,9-12H2,1-2H3,(H,18,19). The minimum atomic E-state index is 0.0379. The van der Waals surface area contributed by atoms with Crippen molar-refractivity contribution in [2.24, 2.45) is 5.41 Å². The largest absolute Gasteiger partial charge is 0.325 e. The van der Waals surface area contributed by atoms with Crippen LogP contribution >= 0.6 is 0 Å². The lowest BCUT2D eigenvalue weighted by Crippen LogP contribution is -2.35. The zero-order valence-corrected chi connectivity index (χ0v) is 12.0. The van der Waals surface area contributed by atoms with Crippen LogP contribution in [0.15, 0.2) is 24.3 Å². The predicted octanol–water partition coefficient (Wildman–Crippen LogP) is 3.10. The average Bonchev–Trinajstić information content (AvgIpc) is 2.79. The third-order valence-electron chi connectivity index (χ3n) is 4.07. The second kappa shape index (κ2) is 6.20. The Hall–Kier alpha value is -1.35. The number of rotatable bonds is 5. The Morgan fingerprint density at radius 3 is 2.63 bits per heavy atom. The quantitative estimate of drug-likeness (QED) is 0.854. The van der Waals surface area contributed by atoms with Crippen LogP contribution in [0.2, 0.25) is 0 Å². The summed E-state index contributed by atoms with van der Waals surface area (Å²) in [5.74, 6) is 0.0379. The zero-order valence-electron chi connectivity index (χ0n) is 12.0. The van der Waals surface area contributed by atoms with Crippen molar-refractivity contribution >= 4 is 11.6 Å². The molecule has 0 atom stereocenters. The molecule has 1 fully saturated rings. The average molecular weight is 260 g/mol. The Bertz CT molecular complexity index is 436. The van der Waals surface area contributed by atoms with Gasteiger partial charge in [-0.1, -0.05) is 38.0 Å². The number of anilines is 1. The smallest absolute Gasteiger partial charge is 0.238 e. The van der Waals surface area contributed by atoms with E-state index in [1.54, 1.807) is 0 Å². The molecule has 1 saturated carbocycles. The number of nitrogens with one attached hydrogen (secondary N) is 2. The summed E-state index contributed by atoms with van der Waals surface area (Å²) in [6, 6.07) is 7.86. The van der Waals surface area contributed by atoms with E-state index in [0.29, 0.717) is 12.0 Å². The molecule has 1 aromatic rings. The van der Waals surface area contributed by atoms with Crippen molar-refractivity contribution in [3.8, 4) is 0 Å². The van der Waals surface area contributed by atoms with Gasteiger partial charge in [0.05, 0.1) is 6.54 Å². The highest BCUT2D eigenvalue weighted by Crippen LogP contribution is 2.36. The predicted molar refractivity (Wildman–Crippen MR) is 79.3 cm³/mol. The van der Waals surface area contributed by atoms with Crippen LogP contribution in [0.4, 0.5) is 5.69 Å². The van der Waals surface area contributed by atoms with E-state index in [2.05, 4.69) is 17.6 Å².